The Morgan fingerprint density at radius 1 is 0.647 bits per heavy atom. The molecule has 0 amide bonds. The van der Waals surface area contributed by atoms with E-state index in [0.29, 0.717) is 0 Å². The molecule has 2 atom stereocenters. The lowest BCUT2D eigenvalue weighted by Gasteiger charge is -2.34. The predicted molar refractivity (Wildman–Crippen MR) is 148 cm³/mol. The molecule has 34 heavy (non-hydrogen) atoms. The molecule has 0 bridgehead atoms. The van der Waals surface area contributed by atoms with Crippen LogP contribution >= 0.6 is 0 Å². The van der Waals surface area contributed by atoms with Gasteiger partial charge in [0.25, 0.3) is 0 Å². The summed E-state index contributed by atoms with van der Waals surface area (Å²) in [6.45, 7) is 17.9. The molecule has 6 heteroatoms. The van der Waals surface area contributed by atoms with Crippen LogP contribution in [0.2, 0.25) is 39.3 Å². The van der Waals surface area contributed by atoms with Gasteiger partial charge in [0, 0.05) is 11.8 Å². The van der Waals surface area contributed by atoms with Crippen LogP contribution < -0.4 is 9.47 Å². The van der Waals surface area contributed by atoms with E-state index >= 15 is 0 Å². The van der Waals surface area contributed by atoms with Crippen molar-refractivity contribution in [3.63, 3.8) is 0 Å². The number of hydrogen-bond donors (Lipinski definition) is 0. The fourth-order valence-corrected chi connectivity index (χ4v) is 5.86. The van der Waals surface area contributed by atoms with Crippen molar-refractivity contribution in [2.45, 2.75) is 66.0 Å². The van der Waals surface area contributed by atoms with Crippen LogP contribution in [0.4, 0.5) is 0 Å². The van der Waals surface area contributed by atoms with Crippen molar-refractivity contribution in [1.82, 2.24) is 0 Å². The van der Waals surface area contributed by atoms with Crippen molar-refractivity contribution >= 4 is 16.6 Å². The summed E-state index contributed by atoms with van der Waals surface area (Å²) in [6.07, 6.45) is 1.73. The molecule has 0 N–H and O–H groups in total. The van der Waals surface area contributed by atoms with E-state index in [4.69, 9.17) is 18.3 Å². The molecule has 2 aromatic carbocycles. The van der Waals surface area contributed by atoms with Crippen LogP contribution in [0, 0.1) is 11.8 Å². The number of ether oxygens (including phenoxy) is 2. The molecule has 0 saturated heterocycles. The highest BCUT2D eigenvalue weighted by atomic mass is 28.4. The molecule has 0 radical (unpaired) electrons. The van der Waals surface area contributed by atoms with Crippen molar-refractivity contribution < 1.29 is 18.3 Å². The molecule has 0 aliphatic carbocycles. The standard InChI is InChI=1S/C28H44O4Si2/c1-21(17-23-13-11-15-25(19-23)29-3)27(31-33(5,6)7)28(32-34(8,9)10)22(2)18-24-14-12-16-26(20-24)30-4/h11-16,19-22H,17-18H2,1-10H3/b28-27+/t21-,22-/m1/s1. The molecule has 188 valence electrons. The van der Waals surface area contributed by atoms with E-state index in [1.165, 1.54) is 11.1 Å². The van der Waals surface area contributed by atoms with Gasteiger partial charge in [-0.25, -0.2) is 0 Å². The average Bonchev–Trinajstić information content (AvgIpc) is 2.75. The molecular weight excluding hydrogens is 456 g/mol. The minimum absolute atomic E-state index is 0.179. The molecule has 0 aliphatic heterocycles. The number of allylic oxidation sites excluding steroid dienone is 2. The third-order valence-electron chi connectivity index (χ3n) is 5.32. The van der Waals surface area contributed by atoms with E-state index in [0.717, 1.165) is 35.9 Å². The molecule has 0 saturated carbocycles. The topological polar surface area (TPSA) is 36.9 Å². The minimum atomic E-state index is -1.88. The fourth-order valence-electron chi connectivity index (χ4n) is 3.94. The quantitative estimate of drug-likeness (QED) is 0.221. The SMILES string of the molecule is COc1cccc(C[C@@H](C)/C(O[Si](C)(C)C)=C(\O[Si](C)(C)C)[C@H](C)Cc2cccc(OC)c2)c1. The van der Waals surface area contributed by atoms with E-state index in [-0.39, 0.29) is 11.8 Å². The Morgan fingerprint density at radius 2 is 1.00 bits per heavy atom. The van der Waals surface area contributed by atoms with Gasteiger partial charge < -0.3 is 18.3 Å². The maximum atomic E-state index is 6.80. The van der Waals surface area contributed by atoms with E-state index in [1.807, 2.05) is 12.1 Å². The van der Waals surface area contributed by atoms with Crippen LogP contribution in [0.3, 0.4) is 0 Å². The first kappa shape index (κ1) is 28.1. The van der Waals surface area contributed by atoms with E-state index in [9.17, 15) is 0 Å². The van der Waals surface area contributed by atoms with E-state index < -0.39 is 16.6 Å². The third kappa shape index (κ3) is 9.22. The van der Waals surface area contributed by atoms with Gasteiger partial charge in [-0.05, 0) is 87.5 Å². The van der Waals surface area contributed by atoms with E-state index in [2.05, 4.69) is 89.5 Å². The minimum Gasteiger partial charge on any atom is -0.545 e. The second kappa shape index (κ2) is 12.0. The number of rotatable bonds is 12. The smallest absolute Gasteiger partial charge is 0.241 e. The molecule has 0 heterocycles. The van der Waals surface area contributed by atoms with Gasteiger partial charge in [0.05, 0.1) is 14.2 Å². The predicted octanol–water partition coefficient (Wildman–Crippen LogP) is 7.68. The summed E-state index contributed by atoms with van der Waals surface area (Å²) < 4.78 is 24.5. The summed E-state index contributed by atoms with van der Waals surface area (Å²) in [4.78, 5) is 0. The zero-order valence-corrected chi connectivity index (χ0v) is 24.8. The Morgan fingerprint density at radius 3 is 1.29 bits per heavy atom. The van der Waals surface area contributed by atoms with E-state index in [1.54, 1.807) is 14.2 Å². The Hall–Kier alpha value is -2.19. The second-order valence-electron chi connectivity index (χ2n) is 11.1. The number of benzene rings is 2. The molecule has 2 aromatic rings. The zero-order chi connectivity index (χ0) is 25.5. The van der Waals surface area contributed by atoms with Gasteiger partial charge in [-0.15, -0.1) is 0 Å². The molecule has 0 aromatic heterocycles. The lowest BCUT2D eigenvalue weighted by atomic mass is 9.93. The monoisotopic (exact) mass is 500 g/mol. The van der Waals surface area contributed by atoms with Crippen molar-refractivity contribution in [1.29, 1.82) is 0 Å². The number of methoxy groups -OCH3 is 2. The molecule has 0 aliphatic rings. The summed E-state index contributed by atoms with van der Waals surface area (Å²) in [5.41, 5.74) is 2.47. The van der Waals surface area contributed by atoms with Gasteiger partial charge in [-0.2, -0.15) is 0 Å². The maximum Gasteiger partial charge on any atom is 0.241 e. The third-order valence-corrected chi connectivity index (χ3v) is 6.99. The Kier molecular flexibility index (Phi) is 9.89. The van der Waals surface area contributed by atoms with Crippen molar-refractivity contribution in [2.75, 3.05) is 14.2 Å². The Balaban J connectivity index is 2.50. The molecular formula is C28H44O4Si2. The Bertz CT molecular complexity index is 880. The van der Waals surface area contributed by atoms with Crippen LogP contribution in [0.25, 0.3) is 0 Å². The van der Waals surface area contributed by atoms with Gasteiger partial charge in [-0.3, -0.25) is 0 Å². The van der Waals surface area contributed by atoms with Crippen LogP contribution in [0.5, 0.6) is 11.5 Å². The number of hydrogen-bond acceptors (Lipinski definition) is 4. The van der Waals surface area contributed by atoms with Crippen LogP contribution in [0.15, 0.2) is 60.0 Å². The lowest BCUT2D eigenvalue weighted by Crippen LogP contribution is -2.33. The van der Waals surface area contributed by atoms with Gasteiger partial charge in [0.15, 0.2) is 0 Å². The highest BCUT2D eigenvalue weighted by Gasteiger charge is 2.31. The first-order valence-electron chi connectivity index (χ1n) is 12.2. The van der Waals surface area contributed by atoms with Crippen LogP contribution in [-0.2, 0) is 21.7 Å². The highest BCUT2D eigenvalue weighted by Crippen LogP contribution is 2.33. The van der Waals surface area contributed by atoms with Gasteiger partial charge in [-0.1, -0.05) is 38.1 Å². The fraction of sp³-hybridized carbons (Fsp3) is 0.500. The normalized spacial score (nSPS) is 14.6. The maximum absolute atomic E-state index is 6.80. The molecule has 0 fully saturated rings. The molecule has 4 nitrogen and oxygen atoms in total. The summed E-state index contributed by atoms with van der Waals surface area (Å²) in [6, 6.07) is 16.6. The highest BCUT2D eigenvalue weighted by molar-refractivity contribution is 6.70. The van der Waals surface area contributed by atoms with Gasteiger partial charge in [0.2, 0.25) is 16.6 Å². The summed E-state index contributed by atoms with van der Waals surface area (Å²) >= 11 is 0. The Labute approximate surface area is 209 Å². The second-order valence-corrected chi connectivity index (χ2v) is 19.9. The molecule has 0 unspecified atom stereocenters. The largest absolute Gasteiger partial charge is 0.545 e. The first-order valence-corrected chi connectivity index (χ1v) is 19.0. The van der Waals surface area contributed by atoms with Crippen LogP contribution in [0.1, 0.15) is 25.0 Å². The van der Waals surface area contributed by atoms with Crippen LogP contribution in [-0.4, -0.2) is 30.9 Å². The summed E-state index contributed by atoms with van der Waals surface area (Å²) in [7, 11) is -0.331. The summed E-state index contributed by atoms with van der Waals surface area (Å²) in [5, 5.41) is 0. The lowest BCUT2D eigenvalue weighted by molar-refractivity contribution is 0.263. The molecule has 2 rings (SSSR count). The van der Waals surface area contributed by atoms with Gasteiger partial charge in [0.1, 0.15) is 23.0 Å². The van der Waals surface area contributed by atoms with Crippen molar-refractivity contribution in [3.8, 4) is 11.5 Å². The first-order chi connectivity index (χ1) is 15.8. The summed E-state index contributed by atoms with van der Waals surface area (Å²) in [5.74, 6) is 4.15. The van der Waals surface area contributed by atoms with Crippen molar-refractivity contribution in [3.05, 3.63) is 71.2 Å². The van der Waals surface area contributed by atoms with Gasteiger partial charge >= 0.3 is 0 Å². The average molecular weight is 501 g/mol. The van der Waals surface area contributed by atoms with Crippen molar-refractivity contribution in [2.24, 2.45) is 11.8 Å². The zero-order valence-electron chi connectivity index (χ0n) is 22.8. The molecule has 0 spiro atoms.